The highest BCUT2D eigenvalue weighted by atomic mass is 32.2. The largest absolute Gasteiger partial charge is 0.416 e. The smallest absolute Gasteiger partial charge is 0.356 e. The third-order valence-corrected chi connectivity index (χ3v) is 5.76. The number of hydrogen-bond acceptors (Lipinski definition) is 4. The number of aromatic nitrogens is 2. The van der Waals surface area contributed by atoms with E-state index in [-0.39, 0.29) is 5.91 Å². The van der Waals surface area contributed by atoms with Gasteiger partial charge in [-0.25, -0.2) is 4.98 Å². The maximum absolute atomic E-state index is 12.9. The molecule has 0 aliphatic heterocycles. The van der Waals surface area contributed by atoms with Crippen molar-refractivity contribution in [2.24, 2.45) is 4.99 Å². The lowest BCUT2D eigenvalue weighted by molar-refractivity contribution is -0.137. The predicted molar refractivity (Wildman–Crippen MR) is 129 cm³/mol. The number of aryl methyl sites for hydroxylation is 1. The van der Waals surface area contributed by atoms with Gasteiger partial charge >= 0.3 is 6.18 Å². The molecule has 0 unspecified atom stereocenters. The summed E-state index contributed by atoms with van der Waals surface area (Å²) in [5.74, 6) is 1.14. The molecule has 6 nitrogen and oxygen atoms in total. The third-order valence-electron chi connectivity index (χ3n) is 4.75. The van der Waals surface area contributed by atoms with Crippen molar-refractivity contribution in [3.63, 3.8) is 0 Å². The lowest BCUT2D eigenvalue weighted by Crippen LogP contribution is -2.41. The Morgan fingerprint density at radius 1 is 1.12 bits per heavy atom. The Hall–Kier alpha value is -3.27. The second-order valence-electron chi connectivity index (χ2n) is 7.39. The standard InChI is InChI=1S/C24H26F3N5OS/c25-24(26,27)20-9-4-6-18(14-20)16-34-13-12-30-23(29-11-5-10-21-15-28-17-31-21)32-22(33)19-7-2-1-3-8-19/h1-4,6-9,14-15,17H,5,10-13,16H2,(H,28,31)(H2,29,30,32,33). The topological polar surface area (TPSA) is 82.2 Å². The minimum atomic E-state index is -4.35. The summed E-state index contributed by atoms with van der Waals surface area (Å²) in [4.78, 5) is 24.1. The summed E-state index contributed by atoms with van der Waals surface area (Å²) in [5.41, 5.74) is 1.44. The number of carbonyl (C=O) groups is 1. The second-order valence-corrected chi connectivity index (χ2v) is 8.50. The minimum absolute atomic E-state index is 0.268. The van der Waals surface area contributed by atoms with Crippen LogP contribution in [-0.4, -0.2) is 40.7 Å². The van der Waals surface area contributed by atoms with Gasteiger partial charge in [-0.2, -0.15) is 24.9 Å². The highest BCUT2D eigenvalue weighted by molar-refractivity contribution is 7.98. The van der Waals surface area contributed by atoms with Gasteiger partial charge < -0.3 is 10.3 Å². The second kappa shape index (κ2) is 12.8. The van der Waals surface area contributed by atoms with Gasteiger partial charge in [0, 0.05) is 29.8 Å². The van der Waals surface area contributed by atoms with Crippen LogP contribution >= 0.6 is 11.8 Å². The van der Waals surface area contributed by atoms with Gasteiger partial charge in [0.1, 0.15) is 0 Å². The molecule has 0 spiro atoms. The van der Waals surface area contributed by atoms with Gasteiger partial charge in [-0.1, -0.05) is 36.4 Å². The fraction of sp³-hybridized carbons (Fsp3) is 0.292. The Morgan fingerprint density at radius 2 is 1.94 bits per heavy atom. The van der Waals surface area contributed by atoms with Crippen LogP contribution in [0.4, 0.5) is 13.2 Å². The number of guanidine groups is 1. The fourth-order valence-corrected chi connectivity index (χ4v) is 3.84. The molecule has 0 saturated carbocycles. The van der Waals surface area contributed by atoms with Crippen LogP contribution in [0.15, 0.2) is 72.1 Å². The number of amides is 1. The SMILES string of the molecule is O=C(N/C(=N\CCSCc1cccc(C(F)(F)F)c1)NCCCc1c[nH]cn1)c1ccccc1. The van der Waals surface area contributed by atoms with E-state index >= 15 is 0 Å². The van der Waals surface area contributed by atoms with Crippen molar-refractivity contribution in [2.45, 2.75) is 24.8 Å². The number of nitrogens with one attached hydrogen (secondary N) is 3. The molecule has 1 heterocycles. The van der Waals surface area contributed by atoms with E-state index in [9.17, 15) is 18.0 Å². The number of imidazole rings is 1. The Kier molecular flexibility index (Phi) is 9.57. The average molecular weight is 490 g/mol. The molecule has 0 aliphatic carbocycles. The fourth-order valence-electron chi connectivity index (χ4n) is 3.06. The summed E-state index contributed by atoms with van der Waals surface area (Å²) in [7, 11) is 0. The number of aliphatic imine (C=N–C) groups is 1. The molecule has 0 fully saturated rings. The summed E-state index contributed by atoms with van der Waals surface area (Å²) in [6, 6.07) is 14.2. The molecule has 3 aromatic rings. The molecule has 0 bridgehead atoms. The van der Waals surface area contributed by atoms with Crippen molar-refractivity contribution in [1.82, 2.24) is 20.6 Å². The first-order valence-corrected chi connectivity index (χ1v) is 11.9. The molecule has 0 aliphatic rings. The first-order chi connectivity index (χ1) is 16.4. The number of halogens is 3. The normalized spacial score (nSPS) is 11.9. The first kappa shape index (κ1) is 25.4. The molecule has 180 valence electrons. The molecule has 0 radical (unpaired) electrons. The minimum Gasteiger partial charge on any atom is -0.356 e. The molecule has 10 heteroatoms. The predicted octanol–water partition coefficient (Wildman–Crippen LogP) is 4.67. The summed E-state index contributed by atoms with van der Waals surface area (Å²) in [6.45, 7) is 0.999. The zero-order chi connectivity index (χ0) is 24.2. The van der Waals surface area contributed by atoms with E-state index in [4.69, 9.17) is 0 Å². The number of hydrogen-bond donors (Lipinski definition) is 3. The highest BCUT2D eigenvalue weighted by Gasteiger charge is 2.30. The summed E-state index contributed by atoms with van der Waals surface area (Å²) < 4.78 is 38.6. The van der Waals surface area contributed by atoms with Crippen LogP contribution in [0.3, 0.4) is 0 Å². The van der Waals surface area contributed by atoms with Gasteiger partial charge in [0.15, 0.2) is 5.96 Å². The number of aromatic amines is 1. The number of alkyl halides is 3. The zero-order valence-corrected chi connectivity index (χ0v) is 19.3. The molecule has 2 aromatic carbocycles. The highest BCUT2D eigenvalue weighted by Crippen LogP contribution is 2.30. The van der Waals surface area contributed by atoms with Crippen molar-refractivity contribution in [3.05, 3.63) is 89.5 Å². The van der Waals surface area contributed by atoms with Crippen molar-refractivity contribution >= 4 is 23.6 Å². The van der Waals surface area contributed by atoms with E-state index in [1.54, 1.807) is 36.7 Å². The Morgan fingerprint density at radius 3 is 2.68 bits per heavy atom. The molecular weight excluding hydrogens is 463 g/mol. The Bertz CT molecular complexity index is 1060. The number of rotatable bonds is 10. The van der Waals surface area contributed by atoms with Crippen LogP contribution in [0, 0.1) is 0 Å². The van der Waals surface area contributed by atoms with Crippen LogP contribution in [0.5, 0.6) is 0 Å². The number of H-pyrrole nitrogens is 1. The third kappa shape index (κ3) is 8.58. The summed E-state index contributed by atoms with van der Waals surface area (Å²) in [5, 5.41) is 5.96. The first-order valence-electron chi connectivity index (χ1n) is 10.8. The maximum atomic E-state index is 12.9. The van der Waals surface area contributed by atoms with E-state index in [1.807, 2.05) is 12.3 Å². The van der Waals surface area contributed by atoms with E-state index in [0.717, 1.165) is 24.6 Å². The number of carbonyl (C=O) groups excluding carboxylic acids is 1. The van der Waals surface area contributed by atoms with Crippen LogP contribution in [0.25, 0.3) is 0 Å². The molecule has 1 amide bonds. The van der Waals surface area contributed by atoms with E-state index in [0.29, 0.717) is 41.7 Å². The van der Waals surface area contributed by atoms with E-state index in [2.05, 4.69) is 25.6 Å². The molecule has 0 atom stereocenters. The molecule has 3 N–H and O–H groups in total. The molecule has 0 saturated heterocycles. The van der Waals surface area contributed by atoms with E-state index in [1.165, 1.54) is 23.9 Å². The van der Waals surface area contributed by atoms with Gasteiger partial charge in [-0.3, -0.25) is 15.1 Å². The zero-order valence-electron chi connectivity index (χ0n) is 18.4. The molecule has 1 aromatic heterocycles. The monoisotopic (exact) mass is 489 g/mol. The number of nitrogens with zero attached hydrogens (tertiary/aromatic N) is 2. The van der Waals surface area contributed by atoms with Gasteiger partial charge in [0.2, 0.25) is 0 Å². The molecular formula is C24H26F3N5OS. The lowest BCUT2D eigenvalue weighted by Gasteiger charge is -2.12. The van der Waals surface area contributed by atoms with Crippen LogP contribution in [-0.2, 0) is 18.3 Å². The van der Waals surface area contributed by atoms with Crippen molar-refractivity contribution in [3.8, 4) is 0 Å². The maximum Gasteiger partial charge on any atom is 0.416 e. The number of thioether (sulfide) groups is 1. The summed E-state index contributed by atoms with van der Waals surface area (Å²) >= 11 is 1.48. The van der Waals surface area contributed by atoms with Gasteiger partial charge in [0.05, 0.1) is 24.1 Å². The number of benzene rings is 2. The Labute approximate surface area is 200 Å². The van der Waals surface area contributed by atoms with Crippen molar-refractivity contribution in [1.29, 1.82) is 0 Å². The van der Waals surface area contributed by atoms with Crippen molar-refractivity contribution < 1.29 is 18.0 Å². The molecule has 34 heavy (non-hydrogen) atoms. The van der Waals surface area contributed by atoms with E-state index < -0.39 is 11.7 Å². The quantitative estimate of drug-likeness (QED) is 0.220. The van der Waals surface area contributed by atoms with Gasteiger partial charge in [0.25, 0.3) is 5.91 Å². The van der Waals surface area contributed by atoms with Gasteiger partial charge in [-0.15, -0.1) is 0 Å². The van der Waals surface area contributed by atoms with Crippen LogP contribution in [0.2, 0.25) is 0 Å². The molecule has 3 rings (SSSR count). The van der Waals surface area contributed by atoms with Crippen LogP contribution < -0.4 is 10.6 Å². The average Bonchev–Trinajstić information content (AvgIpc) is 3.35. The lowest BCUT2D eigenvalue weighted by atomic mass is 10.1. The Balaban J connectivity index is 1.50. The summed E-state index contributed by atoms with van der Waals surface area (Å²) in [6.07, 6.45) is 0.707. The van der Waals surface area contributed by atoms with Crippen molar-refractivity contribution in [2.75, 3.05) is 18.8 Å². The van der Waals surface area contributed by atoms with Gasteiger partial charge in [-0.05, 0) is 36.6 Å². The van der Waals surface area contributed by atoms with Crippen LogP contribution in [0.1, 0.15) is 33.6 Å².